The smallest absolute Gasteiger partial charge is 0.244 e. The Morgan fingerprint density at radius 1 is 0.783 bits per heavy atom. The number of hydrogen-bond donors (Lipinski definition) is 1. The molecule has 1 amide bonds. The molecule has 0 saturated heterocycles. The summed E-state index contributed by atoms with van der Waals surface area (Å²) in [6, 6.07) is 25.9. The number of rotatable bonds is 2. The molecule has 0 bridgehead atoms. The van der Waals surface area contributed by atoms with Gasteiger partial charge in [-0.3, -0.25) is 4.79 Å². The van der Waals surface area contributed by atoms with E-state index >= 15 is 0 Å². The number of fused-ring (bicyclic) bond motifs is 1. The maximum atomic E-state index is 13.1. The molecule has 0 radical (unpaired) electrons. The fourth-order valence-corrected chi connectivity index (χ4v) is 3.76. The molecule has 2 nitrogen and oxygen atoms in total. The fourth-order valence-electron chi connectivity index (χ4n) is 3.40. The highest BCUT2D eigenvalue weighted by molar-refractivity contribution is 9.10. The molecule has 1 aliphatic rings. The number of anilines is 1. The van der Waals surface area contributed by atoms with E-state index in [4.69, 9.17) is 0 Å². The second-order valence-corrected chi connectivity index (χ2v) is 6.54. The number of hydrogen-bond acceptors (Lipinski definition) is 1. The van der Waals surface area contributed by atoms with Crippen LogP contribution in [0.2, 0.25) is 0 Å². The lowest BCUT2D eigenvalue weighted by atomic mass is 9.70. The molecule has 1 N–H and O–H groups in total. The molecule has 0 atom stereocenters. The first-order valence-electron chi connectivity index (χ1n) is 7.45. The summed E-state index contributed by atoms with van der Waals surface area (Å²) >= 11 is 3.48. The lowest BCUT2D eigenvalue weighted by Crippen LogP contribution is -2.36. The van der Waals surface area contributed by atoms with E-state index in [2.05, 4.69) is 21.2 Å². The number of benzene rings is 3. The van der Waals surface area contributed by atoms with Crippen molar-refractivity contribution < 1.29 is 4.79 Å². The zero-order chi connectivity index (χ0) is 15.9. The molecule has 4 rings (SSSR count). The van der Waals surface area contributed by atoms with Crippen LogP contribution in [-0.4, -0.2) is 5.91 Å². The van der Waals surface area contributed by atoms with Crippen LogP contribution in [0.4, 0.5) is 5.69 Å². The topological polar surface area (TPSA) is 29.1 Å². The highest BCUT2D eigenvalue weighted by atomic mass is 79.9. The molecule has 3 aromatic rings. The molecule has 0 unspecified atom stereocenters. The summed E-state index contributed by atoms with van der Waals surface area (Å²) < 4.78 is 0.952. The van der Waals surface area contributed by atoms with Crippen molar-refractivity contribution in [1.29, 1.82) is 0 Å². The normalized spacial score (nSPS) is 15.1. The molecule has 23 heavy (non-hydrogen) atoms. The van der Waals surface area contributed by atoms with Gasteiger partial charge < -0.3 is 5.32 Å². The molecular formula is C20H14BrNO. The van der Waals surface area contributed by atoms with Gasteiger partial charge in [-0.25, -0.2) is 0 Å². The number of nitrogens with one attached hydrogen (secondary N) is 1. The highest BCUT2D eigenvalue weighted by Gasteiger charge is 2.49. The van der Waals surface area contributed by atoms with Crippen molar-refractivity contribution in [1.82, 2.24) is 0 Å². The largest absolute Gasteiger partial charge is 0.324 e. The molecule has 1 heterocycles. The van der Waals surface area contributed by atoms with E-state index in [1.54, 1.807) is 0 Å². The number of halogens is 1. The Labute approximate surface area is 143 Å². The minimum Gasteiger partial charge on any atom is -0.324 e. The zero-order valence-electron chi connectivity index (χ0n) is 12.3. The predicted octanol–water partition coefficient (Wildman–Crippen LogP) is 4.74. The van der Waals surface area contributed by atoms with Gasteiger partial charge in [-0.1, -0.05) is 82.7 Å². The predicted molar refractivity (Wildman–Crippen MR) is 95.5 cm³/mol. The second-order valence-electron chi connectivity index (χ2n) is 5.63. The van der Waals surface area contributed by atoms with Crippen molar-refractivity contribution >= 4 is 27.5 Å². The molecule has 112 valence electrons. The van der Waals surface area contributed by atoms with Crippen LogP contribution >= 0.6 is 15.9 Å². The SMILES string of the molecule is O=C1Nc2cc(Br)ccc2C1(c1ccccc1)c1ccccc1. The van der Waals surface area contributed by atoms with Crippen LogP contribution in [0.1, 0.15) is 16.7 Å². The Kier molecular flexibility index (Phi) is 3.31. The Balaban J connectivity index is 2.08. The summed E-state index contributed by atoms with van der Waals surface area (Å²) in [5.41, 5.74) is 2.99. The highest BCUT2D eigenvalue weighted by Crippen LogP contribution is 2.48. The van der Waals surface area contributed by atoms with E-state index in [1.807, 2.05) is 78.9 Å². The molecule has 1 aliphatic heterocycles. The molecule has 0 aliphatic carbocycles. The molecule has 3 heteroatoms. The first kappa shape index (κ1) is 14.2. The van der Waals surface area contributed by atoms with Gasteiger partial charge in [0.1, 0.15) is 5.41 Å². The van der Waals surface area contributed by atoms with E-state index in [-0.39, 0.29) is 5.91 Å². The molecule has 0 aromatic heterocycles. The second kappa shape index (κ2) is 5.36. The molecule has 0 spiro atoms. The summed E-state index contributed by atoms with van der Waals surface area (Å²) in [7, 11) is 0. The van der Waals surface area contributed by atoms with Gasteiger partial charge in [0, 0.05) is 15.7 Å². The van der Waals surface area contributed by atoms with E-state index in [1.165, 1.54) is 0 Å². The number of amides is 1. The lowest BCUT2D eigenvalue weighted by Gasteiger charge is -2.29. The molecule has 3 aromatic carbocycles. The van der Waals surface area contributed by atoms with Crippen LogP contribution in [0.25, 0.3) is 0 Å². The van der Waals surface area contributed by atoms with Gasteiger partial charge in [-0.05, 0) is 23.3 Å². The van der Waals surface area contributed by atoms with Crippen LogP contribution in [0, 0.1) is 0 Å². The van der Waals surface area contributed by atoms with Gasteiger partial charge in [-0.15, -0.1) is 0 Å². The van der Waals surface area contributed by atoms with Crippen LogP contribution in [0.5, 0.6) is 0 Å². The average Bonchev–Trinajstić information content (AvgIpc) is 2.88. The summed E-state index contributed by atoms with van der Waals surface area (Å²) in [5.74, 6) is -0.0111. The van der Waals surface area contributed by atoms with Gasteiger partial charge in [-0.2, -0.15) is 0 Å². The molecule has 0 fully saturated rings. The zero-order valence-corrected chi connectivity index (χ0v) is 13.9. The average molecular weight is 364 g/mol. The van der Waals surface area contributed by atoms with E-state index in [0.717, 1.165) is 26.9 Å². The fraction of sp³-hybridized carbons (Fsp3) is 0.0500. The van der Waals surface area contributed by atoms with Gasteiger partial charge >= 0.3 is 0 Å². The minimum atomic E-state index is -0.807. The maximum absolute atomic E-state index is 13.1. The molecule has 0 saturated carbocycles. The van der Waals surface area contributed by atoms with E-state index in [9.17, 15) is 4.79 Å². The Hall–Kier alpha value is -2.39. The minimum absolute atomic E-state index is 0.0111. The van der Waals surface area contributed by atoms with Crippen LogP contribution in [0.15, 0.2) is 83.3 Å². The third-order valence-corrected chi connectivity index (χ3v) is 4.88. The maximum Gasteiger partial charge on any atom is 0.244 e. The van der Waals surface area contributed by atoms with Crippen LogP contribution in [0.3, 0.4) is 0 Å². The van der Waals surface area contributed by atoms with Gasteiger partial charge in [0.15, 0.2) is 0 Å². The van der Waals surface area contributed by atoms with Crippen molar-refractivity contribution in [2.75, 3.05) is 5.32 Å². The summed E-state index contributed by atoms with van der Waals surface area (Å²) in [5, 5.41) is 3.06. The van der Waals surface area contributed by atoms with Crippen LogP contribution < -0.4 is 5.32 Å². The van der Waals surface area contributed by atoms with Crippen LogP contribution in [-0.2, 0) is 10.2 Å². The standard InChI is InChI=1S/C20H14BrNO/c21-16-11-12-17-18(13-16)22-19(23)20(17,14-7-3-1-4-8-14)15-9-5-2-6-10-15/h1-13H,(H,22,23). The van der Waals surface area contributed by atoms with Crippen molar-refractivity contribution in [3.05, 3.63) is 100 Å². The van der Waals surface area contributed by atoms with E-state index < -0.39 is 5.41 Å². The number of carbonyl (C=O) groups is 1. The Morgan fingerprint density at radius 3 is 1.91 bits per heavy atom. The Bertz CT molecular complexity index is 835. The van der Waals surface area contributed by atoms with Crippen molar-refractivity contribution in [3.63, 3.8) is 0 Å². The quantitative estimate of drug-likeness (QED) is 0.700. The summed E-state index contributed by atoms with van der Waals surface area (Å²) in [6.07, 6.45) is 0. The summed E-state index contributed by atoms with van der Waals surface area (Å²) in [4.78, 5) is 13.1. The Morgan fingerprint density at radius 2 is 1.35 bits per heavy atom. The third kappa shape index (κ3) is 2.04. The molecular weight excluding hydrogens is 350 g/mol. The van der Waals surface area contributed by atoms with Crippen molar-refractivity contribution in [2.45, 2.75) is 5.41 Å². The van der Waals surface area contributed by atoms with Gasteiger partial charge in [0.25, 0.3) is 0 Å². The third-order valence-electron chi connectivity index (χ3n) is 4.39. The first-order valence-corrected chi connectivity index (χ1v) is 8.25. The van der Waals surface area contributed by atoms with Gasteiger partial charge in [0.2, 0.25) is 5.91 Å². The van der Waals surface area contributed by atoms with E-state index in [0.29, 0.717) is 0 Å². The lowest BCUT2D eigenvalue weighted by molar-refractivity contribution is -0.118. The van der Waals surface area contributed by atoms with Crippen molar-refractivity contribution in [3.8, 4) is 0 Å². The van der Waals surface area contributed by atoms with Gasteiger partial charge in [0.05, 0.1) is 0 Å². The first-order chi connectivity index (χ1) is 11.2. The summed E-state index contributed by atoms with van der Waals surface area (Å²) in [6.45, 7) is 0. The number of carbonyl (C=O) groups excluding carboxylic acids is 1. The monoisotopic (exact) mass is 363 g/mol. The van der Waals surface area contributed by atoms with Crippen molar-refractivity contribution in [2.24, 2.45) is 0 Å².